The summed E-state index contributed by atoms with van der Waals surface area (Å²) < 4.78 is 5.78. The highest BCUT2D eigenvalue weighted by atomic mass is 16.5. The summed E-state index contributed by atoms with van der Waals surface area (Å²) >= 11 is 0. The van der Waals surface area contributed by atoms with Gasteiger partial charge in [-0.05, 0) is 39.2 Å². The lowest BCUT2D eigenvalue weighted by atomic mass is 9.81. The van der Waals surface area contributed by atoms with E-state index in [-0.39, 0.29) is 5.60 Å². The van der Waals surface area contributed by atoms with E-state index in [2.05, 4.69) is 45.0 Å². The first-order chi connectivity index (χ1) is 7.97. The Morgan fingerprint density at radius 2 is 1.94 bits per heavy atom. The number of ether oxygens (including phenoxy) is 1. The van der Waals surface area contributed by atoms with Gasteiger partial charge in [-0.1, -0.05) is 13.8 Å². The SMILES string of the molecule is CCC(CC)(CNC)CN1CCOC(C)(C)C1. The fourth-order valence-electron chi connectivity index (χ4n) is 2.88. The van der Waals surface area contributed by atoms with Crippen molar-refractivity contribution in [2.24, 2.45) is 5.41 Å². The first kappa shape index (κ1) is 14.9. The third-order valence-corrected chi connectivity index (χ3v) is 4.12. The Morgan fingerprint density at radius 1 is 1.29 bits per heavy atom. The molecule has 0 bridgehead atoms. The molecule has 3 heteroatoms. The number of hydrogen-bond donors (Lipinski definition) is 1. The predicted octanol–water partition coefficient (Wildman–Crippen LogP) is 2.12. The molecule has 0 saturated carbocycles. The lowest BCUT2D eigenvalue weighted by molar-refractivity contribution is -0.0948. The van der Waals surface area contributed by atoms with E-state index in [9.17, 15) is 0 Å². The van der Waals surface area contributed by atoms with Crippen LogP contribution in [0, 0.1) is 5.41 Å². The predicted molar refractivity (Wildman–Crippen MR) is 73.4 cm³/mol. The van der Waals surface area contributed by atoms with Crippen molar-refractivity contribution < 1.29 is 4.74 Å². The fourth-order valence-corrected chi connectivity index (χ4v) is 2.88. The maximum atomic E-state index is 5.78. The van der Waals surface area contributed by atoms with E-state index in [0.717, 1.165) is 26.2 Å². The third kappa shape index (κ3) is 4.23. The molecule has 1 fully saturated rings. The quantitative estimate of drug-likeness (QED) is 0.772. The van der Waals surface area contributed by atoms with Gasteiger partial charge < -0.3 is 10.1 Å². The number of nitrogens with one attached hydrogen (secondary N) is 1. The van der Waals surface area contributed by atoms with Gasteiger partial charge in [0, 0.05) is 26.2 Å². The number of morpholine rings is 1. The topological polar surface area (TPSA) is 24.5 Å². The summed E-state index contributed by atoms with van der Waals surface area (Å²) in [7, 11) is 2.06. The van der Waals surface area contributed by atoms with Gasteiger partial charge >= 0.3 is 0 Å². The average molecular weight is 242 g/mol. The lowest BCUT2D eigenvalue weighted by Crippen LogP contribution is -2.52. The van der Waals surface area contributed by atoms with Gasteiger partial charge in [-0.2, -0.15) is 0 Å². The van der Waals surface area contributed by atoms with Crippen molar-refractivity contribution in [3.63, 3.8) is 0 Å². The Hall–Kier alpha value is -0.120. The summed E-state index contributed by atoms with van der Waals surface area (Å²) in [6, 6.07) is 0. The van der Waals surface area contributed by atoms with Crippen LogP contribution in [0.15, 0.2) is 0 Å². The Labute approximate surface area is 107 Å². The van der Waals surface area contributed by atoms with Crippen LogP contribution in [0.1, 0.15) is 40.5 Å². The lowest BCUT2D eigenvalue weighted by Gasteiger charge is -2.43. The Kier molecular flexibility index (Phi) is 5.42. The van der Waals surface area contributed by atoms with Gasteiger partial charge in [0.2, 0.25) is 0 Å². The molecular formula is C14H30N2O. The molecule has 0 amide bonds. The molecule has 1 saturated heterocycles. The summed E-state index contributed by atoms with van der Waals surface area (Å²) in [5.41, 5.74) is 0.438. The highest BCUT2D eigenvalue weighted by Gasteiger charge is 2.33. The van der Waals surface area contributed by atoms with E-state index in [4.69, 9.17) is 4.74 Å². The summed E-state index contributed by atoms with van der Waals surface area (Å²) in [5, 5.41) is 3.36. The molecule has 3 nitrogen and oxygen atoms in total. The van der Waals surface area contributed by atoms with Crippen LogP contribution in [0.4, 0.5) is 0 Å². The summed E-state index contributed by atoms with van der Waals surface area (Å²) in [5.74, 6) is 0. The molecule has 0 aromatic rings. The van der Waals surface area contributed by atoms with Crippen LogP contribution < -0.4 is 5.32 Å². The maximum absolute atomic E-state index is 5.78. The second kappa shape index (κ2) is 6.17. The van der Waals surface area contributed by atoms with Crippen LogP contribution in [0.5, 0.6) is 0 Å². The molecule has 0 spiro atoms. The normalized spacial score (nSPS) is 21.7. The Bertz CT molecular complexity index is 224. The van der Waals surface area contributed by atoms with E-state index in [0.29, 0.717) is 5.41 Å². The van der Waals surface area contributed by atoms with Crippen LogP contribution in [-0.2, 0) is 4.74 Å². The van der Waals surface area contributed by atoms with E-state index >= 15 is 0 Å². The van der Waals surface area contributed by atoms with Crippen molar-refractivity contribution in [1.82, 2.24) is 10.2 Å². The van der Waals surface area contributed by atoms with Crippen molar-refractivity contribution in [2.75, 3.05) is 39.8 Å². The summed E-state index contributed by atoms with van der Waals surface area (Å²) in [4.78, 5) is 2.58. The van der Waals surface area contributed by atoms with Crippen LogP contribution in [0.3, 0.4) is 0 Å². The van der Waals surface area contributed by atoms with Crippen molar-refractivity contribution in [3.05, 3.63) is 0 Å². The van der Waals surface area contributed by atoms with Crippen LogP contribution in [-0.4, -0.2) is 50.3 Å². The van der Waals surface area contributed by atoms with Crippen molar-refractivity contribution in [2.45, 2.75) is 46.1 Å². The summed E-state index contributed by atoms with van der Waals surface area (Å²) in [6.45, 7) is 14.3. The largest absolute Gasteiger partial charge is 0.373 e. The van der Waals surface area contributed by atoms with E-state index in [1.165, 1.54) is 19.4 Å². The minimum atomic E-state index is 0.0190. The number of rotatable bonds is 6. The van der Waals surface area contributed by atoms with Gasteiger partial charge in [0.1, 0.15) is 0 Å². The minimum absolute atomic E-state index is 0.0190. The van der Waals surface area contributed by atoms with Gasteiger partial charge in [0.05, 0.1) is 12.2 Å². The van der Waals surface area contributed by atoms with Crippen molar-refractivity contribution >= 4 is 0 Å². The molecule has 1 aliphatic heterocycles. The van der Waals surface area contributed by atoms with E-state index < -0.39 is 0 Å². The molecular weight excluding hydrogens is 212 g/mol. The molecule has 0 aliphatic carbocycles. The van der Waals surface area contributed by atoms with Gasteiger partial charge in [-0.15, -0.1) is 0 Å². The number of nitrogens with zero attached hydrogens (tertiary/aromatic N) is 1. The van der Waals surface area contributed by atoms with Crippen LogP contribution in [0.25, 0.3) is 0 Å². The zero-order chi connectivity index (χ0) is 12.9. The van der Waals surface area contributed by atoms with E-state index in [1.807, 2.05) is 0 Å². The molecule has 1 rings (SSSR count). The first-order valence-corrected chi connectivity index (χ1v) is 6.98. The molecule has 1 N–H and O–H groups in total. The molecule has 0 aromatic heterocycles. The van der Waals surface area contributed by atoms with Gasteiger partial charge in [0.15, 0.2) is 0 Å². The number of hydrogen-bond acceptors (Lipinski definition) is 3. The highest BCUT2D eigenvalue weighted by molar-refractivity contribution is 4.87. The minimum Gasteiger partial charge on any atom is -0.373 e. The molecule has 0 aromatic carbocycles. The smallest absolute Gasteiger partial charge is 0.0753 e. The standard InChI is InChI=1S/C14H30N2O/c1-6-14(7-2,10-15-5)12-16-8-9-17-13(3,4)11-16/h15H,6-12H2,1-5H3. The molecule has 0 atom stereocenters. The van der Waals surface area contributed by atoms with Gasteiger partial charge in [-0.25, -0.2) is 0 Å². The van der Waals surface area contributed by atoms with Crippen molar-refractivity contribution in [1.29, 1.82) is 0 Å². The van der Waals surface area contributed by atoms with Gasteiger partial charge in [-0.3, -0.25) is 4.90 Å². The van der Waals surface area contributed by atoms with Crippen LogP contribution >= 0.6 is 0 Å². The Morgan fingerprint density at radius 3 is 2.41 bits per heavy atom. The monoisotopic (exact) mass is 242 g/mol. The average Bonchev–Trinajstić information content (AvgIpc) is 2.27. The van der Waals surface area contributed by atoms with Crippen molar-refractivity contribution in [3.8, 4) is 0 Å². The van der Waals surface area contributed by atoms with Crippen LogP contribution in [0.2, 0.25) is 0 Å². The molecule has 1 heterocycles. The molecule has 17 heavy (non-hydrogen) atoms. The second-order valence-corrected chi connectivity index (χ2v) is 6.06. The fraction of sp³-hybridized carbons (Fsp3) is 1.00. The zero-order valence-electron chi connectivity index (χ0n) is 12.3. The second-order valence-electron chi connectivity index (χ2n) is 6.06. The first-order valence-electron chi connectivity index (χ1n) is 6.98. The molecule has 1 aliphatic rings. The molecule has 0 radical (unpaired) electrons. The molecule has 102 valence electrons. The highest BCUT2D eigenvalue weighted by Crippen LogP contribution is 2.28. The van der Waals surface area contributed by atoms with Gasteiger partial charge in [0.25, 0.3) is 0 Å². The molecule has 0 unspecified atom stereocenters. The Balaban J connectivity index is 2.60. The third-order valence-electron chi connectivity index (χ3n) is 4.12. The maximum Gasteiger partial charge on any atom is 0.0753 e. The summed E-state index contributed by atoms with van der Waals surface area (Å²) in [6.07, 6.45) is 2.48. The van der Waals surface area contributed by atoms with E-state index in [1.54, 1.807) is 0 Å². The zero-order valence-corrected chi connectivity index (χ0v) is 12.3.